The Hall–Kier alpha value is -1.39. The first-order valence-corrected chi connectivity index (χ1v) is 6.14. The normalized spacial score (nSPS) is 24.4. The number of carbonyl (C=O) groups excluding carboxylic acids is 1. The molecule has 1 aromatic carbocycles. The summed E-state index contributed by atoms with van der Waals surface area (Å²) in [7, 11) is 0. The Kier molecular flexibility index (Phi) is 2.61. The highest BCUT2D eigenvalue weighted by molar-refractivity contribution is 5.98. The van der Waals surface area contributed by atoms with Crippen molar-refractivity contribution in [2.24, 2.45) is 11.7 Å². The lowest BCUT2D eigenvalue weighted by Gasteiger charge is -2.24. The second-order valence-electron chi connectivity index (χ2n) is 4.88. The Morgan fingerprint density at radius 3 is 2.88 bits per heavy atom. The molecular formula is C13H17N3O. The molecule has 1 saturated carbocycles. The number of nitrogens with zero attached hydrogens (tertiary/aromatic N) is 1. The van der Waals surface area contributed by atoms with Crippen molar-refractivity contribution in [3.63, 3.8) is 0 Å². The molecule has 1 aliphatic carbocycles. The number of fused-ring (bicyclic) bond motifs is 1. The minimum atomic E-state index is -0.582. The zero-order valence-electron chi connectivity index (χ0n) is 9.73. The molecule has 1 heterocycles. The van der Waals surface area contributed by atoms with Crippen LogP contribution in [-0.4, -0.2) is 18.6 Å². The van der Waals surface area contributed by atoms with Gasteiger partial charge in [-0.1, -0.05) is 18.2 Å². The van der Waals surface area contributed by atoms with Gasteiger partial charge in [0.25, 0.3) is 5.91 Å². The zero-order valence-corrected chi connectivity index (χ0v) is 9.73. The Bertz CT molecular complexity index is 442. The molecule has 17 heavy (non-hydrogen) atoms. The second-order valence-corrected chi connectivity index (χ2v) is 4.88. The van der Waals surface area contributed by atoms with Crippen molar-refractivity contribution in [1.82, 2.24) is 5.32 Å². The summed E-state index contributed by atoms with van der Waals surface area (Å²) in [6.07, 6.45) is 1.88. The highest BCUT2D eigenvalue weighted by Gasteiger charge is 2.32. The van der Waals surface area contributed by atoms with Gasteiger partial charge in [-0.05, 0) is 30.4 Å². The summed E-state index contributed by atoms with van der Waals surface area (Å²) in [5.41, 5.74) is 8.01. The number of para-hydroxylation sites is 1. The van der Waals surface area contributed by atoms with Gasteiger partial charge in [-0.3, -0.25) is 10.1 Å². The van der Waals surface area contributed by atoms with Crippen LogP contribution in [0.25, 0.3) is 0 Å². The van der Waals surface area contributed by atoms with E-state index < -0.39 is 6.17 Å². The Morgan fingerprint density at radius 1 is 1.35 bits per heavy atom. The predicted molar refractivity (Wildman–Crippen MR) is 66.3 cm³/mol. The first-order valence-electron chi connectivity index (χ1n) is 6.14. The van der Waals surface area contributed by atoms with E-state index in [2.05, 4.69) is 5.32 Å². The number of hydrogen-bond acceptors (Lipinski definition) is 3. The number of rotatable bonds is 2. The van der Waals surface area contributed by atoms with E-state index in [4.69, 9.17) is 5.73 Å². The minimum absolute atomic E-state index is 0.0122. The van der Waals surface area contributed by atoms with Gasteiger partial charge in [0, 0.05) is 18.8 Å². The Balaban J connectivity index is 1.97. The minimum Gasteiger partial charge on any atom is -0.309 e. The molecule has 90 valence electrons. The summed E-state index contributed by atoms with van der Waals surface area (Å²) in [4.78, 5) is 14.1. The zero-order chi connectivity index (χ0) is 11.8. The second kappa shape index (κ2) is 4.13. The number of benzene rings is 1. The standard InChI is InChI=1S/C13H17N3O/c14-12-13(17)16(8-9-5-6-9)11-4-2-1-3-10(11)7-15-12/h1-4,9,12,15H,5-8,14H2. The van der Waals surface area contributed by atoms with Crippen molar-refractivity contribution >= 4 is 11.6 Å². The lowest BCUT2D eigenvalue weighted by atomic mass is 10.1. The number of hydrogen-bond donors (Lipinski definition) is 2. The summed E-state index contributed by atoms with van der Waals surface area (Å²) in [6, 6.07) is 8.03. The van der Waals surface area contributed by atoms with Crippen molar-refractivity contribution in [2.75, 3.05) is 11.4 Å². The predicted octanol–water partition coefficient (Wildman–Crippen LogP) is 0.818. The van der Waals surface area contributed by atoms with Crippen LogP contribution in [0.15, 0.2) is 24.3 Å². The van der Waals surface area contributed by atoms with Gasteiger partial charge in [-0.2, -0.15) is 0 Å². The van der Waals surface area contributed by atoms with Crippen LogP contribution in [0.4, 0.5) is 5.69 Å². The molecule has 1 fully saturated rings. The van der Waals surface area contributed by atoms with Gasteiger partial charge in [0.1, 0.15) is 6.17 Å². The first kappa shape index (κ1) is 10.7. The maximum absolute atomic E-state index is 12.2. The fraction of sp³-hybridized carbons (Fsp3) is 0.462. The molecule has 1 aromatic rings. The van der Waals surface area contributed by atoms with Crippen LogP contribution in [0.1, 0.15) is 18.4 Å². The van der Waals surface area contributed by atoms with E-state index in [1.807, 2.05) is 29.2 Å². The van der Waals surface area contributed by atoms with Gasteiger partial charge < -0.3 is 10.6 Å². The highest BCUT2D eigenvalue weighted by Crippen LogP contribution is 2.33. The van der Waals surface area contributed by atoms with E-state index in [0.717, 1.165) is 17.8 Å². The molecule has 0 spiro atoms. The number of nitrogens with one attached hydrogen (secondary N) is 1. The van der Waals surface area contributed by atoms with Crippen LogP contribution < -0.4 is 16.0 Å². The fourth-order valence-corrected chi connectivity index (χ4v) is 2.26. The van der Waals surface area contributed by atoms with Gasteiger partial charge in [0.05, 0.1) is 0 Å². The molecule has 1 amide bonds. The van der Waals surface area contributed by atoms with E-state index in [1.165, 1.54) is 12.8 Å². The van der Waals surface area contributed by atoms with Crippen LogP contribution in [0.5, 0.6) is 0 Å². The number of amides is 1. The van der Waals surface area contributed by atoms with Crippen molar-refractivity contribution in [3.05, 3.63) is 29.8 Å². The molecule has 0 aromatic heterocycles. The van der Waals surface area contributed by atoms with Crippen molar-refractivity contribution < 1.29 is 4.79 Å². The molecule has 3 N–H and O–H groups in total. The Morgan fingerprint density at radius 2 is 2.12 bits per heavy atom. The molecule has 4 heteroatoms. The molecule has 0 radical (unpaired) electrons. The third-order valence-corrected chi connectivity index (χ3v) is 3.46. The van der Waals surface area contributed by atoms with E-state index in [0.29, 0.717) is 12.5 Å². The van der Waals surface area contributed by atoms with Crippen LogP contribution in [0.2, 0.25) is 0 Å². The number of carbonyl (C=O) groups is 1. The van der Waals surface area contributed by atoms with Crippen LogP contribution in [0.3, 0.4) is 0 Å². The average molecular weight is 231 g/mol. The lowest BCUT2D eigenvalue weighted by molar-refractivity contribution is -0.120. The summed E-state index contributed by atoms with van der Waals surface area (Å²) in [5, 5.41) is 3.06. The molecule has 1 atom stereocenters. The summed E-state index contributed by atoms with van der Waals surface area (Å²) < 4.78 is 0. The molecule has 3 rings (SSSR count). The quantitative estimate of drug-likeness (QED) is 0.792. The highest BCUT2D eigenvalue weighted by atomic mass is 16.2. The van der Waals surface area contributed by atoms with E-state index in [9.17, 15) is 4.79 Å². The van der Waals surface area contributed by atoms with Crippen molar-refractivity contribution in [1.29, 1.82) is 0 Å². The van der Waals surface area contributed by atoms with Crippen LogP contribution in [0, 0.1) is 5.92 Å². The van der Waals surface area contributed by atoms with Gasteiger partial charge in [-0.25, -0.2) is 0 Å². The van der Waals surface area contributed by atoms with Gasteiger partial charge in [-0.15, -0.1) is 0 Å². The van der Waals surface area contributed by atoms with Gasteiger partial charge >= 0.3 is 0 Å². The molecule has 0 bridgehead atoms. The molecule has 4 nitrogen and oxygen atoms in total. The molecule has 1 unspecified atom stereocenters. The molecular weight excluding hydrogens is 214 g/mol. The van der Waals surface area contributed by atoms with Crippen molar-refractivity contribution in [2.45, 2.75) is 25.6 Å². The van der Waals surface area contributed by atoms with Gasteiger partial charge in [0.2, 0.25) is 0 Å². The molecule has 2 aliphatic rings. The smallest absolute Gasteiger partial charge is 0.258 e. The van der Waals surface area contributed by atoms with E-state index in [-0.39, 0.29) is 5.91 Å². The topological polar surface area (TPSA) is 58.4 Å². The summed E-state index contributed by atoms with van der Waals surface area (Å²) in [5.74, 6) is 0.652. The van der Waals surface area contributed by atoms with Crippen LogP contribution >= 0.6 is 0 Å². The number of nitrogens with two attached hydrogens (primary N) is 1. The largest absolute Gasteiger partial charge is 0.309 e. The molecule has 0 saturated heterocycles. The van der Waals surface area contributed by atoms with Crippen molar-refractivity contribution in [3.8, 4) is 0 Å². The maximum Gasteiger partial charge on any atom is 0.258 e. The van der Waals surface area contributed by atoms with Crippen LogP contribution in [-0.2, 0) is 11.3 Å². The summed E-state index contributed by atoms with van der Waals surface area (Å²) in [6.45, 7) is 1.47. The number of anilines is 1. The third kappa shape index (κ3) is 2.06. The summed E-state index contributed by atoms with van der Waals surface area (Å²) >= 11 is 0. The maximum atomic E-state index is 12.2. The third-order valence-electron chi connectivity index (χ3n) is 3.46. The van der Waals surface area contributed by atoms with E-state index >= 15 is 0 Å². The monoisotopic (exact) mass is 231 g/mol. The van der Waals surface area contributed by atoms with E-state index in [1.54, 1.807) is 0 Å². The SMILES string of the molecule is NC1NCc2ccccc2N(CC2CC2)C1=O. The molecule has 1 aliphatic heterocycles. The Labute approximate surface area is 101 Å². The average Bonchev–Trinajstić information content (AvgIpc) is 3.16. The lowest BCUT2D eigenvalue weighted by Crippen LogP contribution is -2.50. The first-order chi connectivity index (χ1) is 8.25. The van der Waals surface area contributed by atoms with Gasteiger partial charge in [0.15, 0.2) is 0 Å². The fourth-order valence-electron chi connectivity index (χ4n) is 2.26.